The number of ether oxygens (including phenoxy) is 1. The largest absolute Gasteiger partial charge is 0.383 e. The lowest BCUT2D eigenvalue weighted by Crippen LogP contribution is -2.36. The Bertz CT molecular complexity index is 442. The highest BCUT2D eigenvalue weighted by molar-refractivity contribution is 7.11. The average Bonchev–Trinajstić information content (AvgIpc) is 2.90. The zero-order valence-corrected chi connectivity index (χ0v) is 13.7. The molecule has 3 rings (SSSR count). The summed E-state index contributed by atoms with van der Waals surface area (Å²) in [5, 5.41) is 4.95. The van der Waals surface area contributed by atoms with Crippen LogP contribution in [-0.4, -0.2) is 31.8 Å². The van der Waals surface area contributed by atoms with E-state index in [0.717, 1.165) is 31.5 Å². The molecule has 0 amide bonds. The van der Waals surface area contributed by atoms with Gasteiger partial charge in [0.15, 0.2) is 0 Å². The summed E-state index contributed by atoms with van der Waals surface area (Å²) in [5.74, 6) is 2.03. The first-order chi connectivity index (χ1) is 9.62. The number of fused-ring (bicyclic) bond motifs is 1. The van der Waals surface area contributed by atoms with Gasteiger partial charge < -0.3 is 10.1 Å². The maximum atomic E-state index is 5.13. The third-order valence-corrected chi connectivity index (χ3v) is 6.11. The van der Waals surface area contributed by atoms with Crippen molar-refractivity contribution in [2.45, 2.75) is 39.5 Å². The molecule has 1 N–H and O–H groups in total. The van der Waals surface area contributed by atoms with Crippen molar-refractivity contribution < 1.29 is 4.74 Å². The molecule has 2 aliphatic carbocycles. The lowest BCUT2D eigenvalue weighted by Gasteiger charge is -2.30. The van der Waals surface area contributed by atoms with Gasteiger partial charge in [-0.3, -0.25) is 0 Å². The minimum atomic E-state index is 0.456. The molecule has 1 aromatic rings. The van der Waals surface area contributed by atoms with Gasteiger partial charge in [-0.15, -0.1) is 11.3 Å². The van der Waals surface area contributed by atoms with Crippen LogP contribution in [0.5, 0.6) is 0 Å². The molecule has 0 spiro atoms. The number of thiazole rings is 1. The molecule has 2 unspecified atom stereocenters. The number of aryl methyl sites for hydroxylation is 2. The van der Waals surface area contributed by atoms with Crippen LogP contribution in [0, 0.1) is 31.1 Å². The molecule has 0 aromatic carbocycles. The van der Waals surface area contributed by atoms with E-state index >= 15 is 0 Å². The maximum Gasteiger partial charge on any atom is 0.0936 e. The molecule has 0 saturated heterocycles. The van der Waals surface area contributed by atoms with E-state index in [2.05, 4.69) is 19.2 Å². The second-order valence-corrected chi connectivity index (χ2v) is 8.05. The van der Waals surface area contributed by atoms with Crippen LogP contribution in [0.4, 0.5) is 0 Å². The first-order valence-corrected chi connectivity index (χ1v) is 8.56. The molecule has 0 radical (unpaired) electrons. The summed E-state index contributed by atoms with van der Waals surface area (Å²) in [5.41, 5.74) is 1.67. The third-order valence-electron chi connectivity index (χ3n) is 5.04. The Labute approximate surface area is 126 Å². The Morgan fingerprint density at radius 2 is 2.10 bits per heavy atom. The standard InChI is InChI=1S/C16H26N2OS/c1-11-12(2)20-15(18-11)9-16(10-17-4-5-19-3)7-13-6-14(13)8-16/h13-14,17H,4-10H2,1-3H3. The van der Waals surface area contributed by atoms with Crippen molar-refractivity contribution in [3.05, 3.63) is 15.6 Å². The fourth-order valence-corrected chi connectivity index (χ4v) is 4.93. The number of methoxy groups -OCH3 is 1. The predicted octanol–water partition coefficient (Wildman–Crippen LogP) is 2.95. The van der Waals surface area contributed by atoms with Gasteiger partial charge in [-0.1, -0.05) is 0 Å². The van der Waals surface area contributed by atoms with Crippen LogP contribution in [0.1, 0.15) is 34.8 Å². The quantitative estimate of drug-likeness (QED) is 0.785. The molecule has 4 heteroatoms. The maximum absolute atomic E-state index is 5.13. The fourth-order valence-electron chi connectivity index (χ4n) is 3.82. The Kier molecular flexibility index (Phi) is 4.16. The molecule has 112 valence electrons. The molecule has 2 fully saturated rings. The van der Waals surface area contributed by atoms with Gasteiger partial charge in [-0.2, -0.15) is 0 Å². The molecule has 2 aliphatic rings. The average molecular weight is 294 g/mol. The third kappa shape index (κ3) is 3.07. The van der Waals surface area contributed by atoms with E-state index < -0.39 is 0 Å². The van der Waals surface area contributed by atoms with Gasteiger partial charge in [-0.25, -0.2) is 4.98 Å². The smallest absolute Gasteiger partial charge is 0.0936 e. The van der Waals surface area contributed by atoms with Crippen molar-refractivity contribution in [3.8, 4) is 0 Å². The van der Waals surface area contributed by atoms with Crippen molar-refractivity contribution in [2.75, 3.05) is 26.8 Å². The summed E-state index contributed by atoms with van der Waals surface area (Å²) in [6, 6.07) is 0. The summed E-state index contributed by atoms with van der Waals surface area (Å²) >= 11 is 1.90. The lowest BCUT2D eigenvalue weighted by atomic mass is 9.80. The van der Waals surface area contributed by atoms with Crippen molar-refractivity contribution in [1.29, 1.82) is 0 Å². The normalized spacial score (nSPS) is 31.6. The van der Waals surface area contributed by atoms with Crippen LogP contribution in [0.2, 0.25) is 0 Å². The zero-order valence-electron chi connectivity index (χ0n) is 12.9. The van der Waals surface area contributed by atoms with Gasteiger partial charge in [0, 0.05) is 31.5 Å². The molecule has 2 saturated carbocycles. The predicted molar refractivity (Wildman–Crippen MR) is 83.3 cm³/mol. The summed E-state index contributed by atoms with van der Waals surface area (Å²) in [4.78, 5) is 6.15. The van der Waals surface area contributed by atoms with Gasteiger partial charge in [0.05, 0.1) is 17.3 Å². The highest BCUT2D eigenvalue weighted by atomic mass is 32.1. The van der Waals surface area contributed by atoms with E-state index in [-0.39, 0.29) is 0 Å². The first-order valence-electron chi connectivity index (χ1n) is 7.74. The molecule has 0 aliphatic heterocycles. The van der Waals surface area contributed by atoms with Crippen molar-refractivity contribution in [3.63, 3.8) is 0 Å². The van der Waals surface area contributed by atoms with E-state index in [1.165, 1.54) is 41.3 Å². The lowest BCUT2D eigenvalue weighted by molar-refractivity contribution is 0.186. The Morgan fingerprint density at radius 3 is 2.70 bits per heavy atom. The molecule has 0 bridgehead atoms. The molecular weight excluding hydrogens is 268 g/mol. The van der Waals surface area contributed by atoms with E-state index in [0.29, 0.717) is 5.41 Å². The monoisotopic (exact) mass is 294 g/mol. The highest BCUT2D eigenvalue weighted by Gasteiger charge is 2.53. The molecule has 20 heavy (non-hydrogen) atoms. The van der Waals surface area contributed by atoms with E-state index in [1.54, 1.807) is 7.11 Å². The fraction of sp³-hybridized carbons (Fsp3) is 0.812. The van der Waals surface area contributed by atoms with Crippen LogP contribution in [-0.2, 0) is 11.2 Å². The Balaban J connectivity index is 1.63. The number of rotatable bonds is 7. The molecule has 1 heterocycles. The van der Waals surface area contributed by atoms with Crippen LogP contribution in [0.3, 0.4) is 0 Å². The van der Waals surface area contributed by atoms with Crippen LogP contribution < -0.4 is 5.32 Å². The van der Waals surface area contributed by atoms with E-state index in [1.807, 2.05) is 11.3 Å². The highest BCUT2D eigenvalue weighted by Crippen LogP contribution is 2.60. The van der Waals surface area contributed by atoms with Crippen molar-refractivity contribution in [2.24, 2.45) is 17.3 Å². The SMILES string of the molecule is COCCNCC1(Cc2nc(C)c(C)s2)CC2CC2C1. The first kappa shape index (κ1) is 14.5. The minimum absolute atomic E-state index is 0.456. The van der Waals surface area contributed by atoms with E-state index in [4.69, 9.17) is 9.72 Å². The molecular formula is C16H26N2OS. The number of nitrogens with one attached hydrogen (secondary N) is 1. The van der Waals surface area contributed by atoms with Gasteiger partial charge in [0.1, 0.15) is 0 Å². The Hall–Kier alpha value is -0.450. The van der Waals surface area contributed by atoms with Crippen molar-refractivity contribution >= 4 is 11.3 Å². The molecule has 3 nitrogen and oxygen atoms in total. The number of hydrogen-bond donors (Lipinski definition) is 1. The second kappa shape index (κ2) is 5.74. The summed E-state index contributed by atoms with van der Waals surface area (Å²) in [6.45, 7) is 7.21. The number of nitrogens with zero attached hydrogens (tertiary/aromatic N) is 1. The minimum Gasteiger partial charge on any atom is -0.383 e. The molecule has 1 aromatic heterocycles. The van der Waals surface area contributed by atoms with Crippen LogP contribution >= 0.6 is 11.3 Å². The number of hydrogen-bond acceptors (Lipinski definition) is 4. The zero-order chi connectivity index (χ0) is 14.2. The molecule has 2 atom stereocenters. The van der Waals surface area contributed by atoms with Gasteiger partial charge in [0.25, 0.3) is 0 Å². The Morgan fingerprint density at radius 1 is 1.35 bits per heavy atom. The van der Waals surface area contributed by atoms with Crippen molar-refractivity contribution in [1.82, 2.24) is 10.3 Å². The van der Waals surface area contributed by atoms with E-state index in [9.17, 15) is 0 Å². The van der Waals surface area contributed by atoms with Crippen LogP contribution in [0.15, 0.2) is 0 Å². The van der Waals surface area contributed by atoms with Gasteiger partial charge in [0.2, 0.25) is 0 Å². The summed E-state index contributed by atoms with van der Waals surface area (Å²) in [6.07, 6.45) is 5.44. The van der Waals surface area contributed by atoms with Gasteiger partial charge in [-0.05, 0) is 50.4 Å². The summed E-state index contributed by atoms with van der Waals surface area (Å²) < 4.78 is 5.13. The summed E-state index contributed by atoms with van der Waals surface area (Å²) in [7, 11) is 1.77. The number of aromatic nitrogens is 1. The van der Waals surface area contributed by atoms with Gasteiger partial charge >= 0.3 is 0 Å². The van der Waals surface area contributed by atoms with Crippen LogP contribution in [0.25, 0.3) is 0 Å². The second-order valence-electron chi connectivity index (χ2n) is 6.76. The topological polar surface area (TPSA) is 34.1 Å².